The molecule has 1 unspecified atom stereocenters. The molecule has 7 nitrogen and oxygen atoms in total. The number of rotatable bonds is 6. The molecule has 0 aromatic heterocycles. The topological polar surface area (TPSA) is 98.5 Å². The first-order chi connectivity index (χ1) is 12.3. The van der Waals surface area contributed by atoms with Crippen molar-refractivity contribution in [2.75, 3.05) is 0 Å². The summed E-state index contributed by atoms with van der Waals surface area (Å²) < 4.78 is 17.8. The average molecular weight is 381 g/mol. The van der Waals surface area contributed by atoms with E-state index in [2.05, 4.69) is 5.32 Å². The number of nitro benzene ring substituents is 1. The minimum absolute atomic E-state index is 0.0282. The van der Waals surface area contributed by atoms with E-state index in [9.17, 15) is 24.1 Å². The van der Waals surface area contributed by atoms with Gasteiger partial charge in [0.1, 0.15) is 5.82 Å². The minimum Gasteiger partial charge on any atom is -0.449 e. The number of nitro groups is 1. The molecule has 0 heterocycles. The summed E-state index contributed by atoms with van der Waals surface area (Å²) in [6, 6.07) is 8.87. The molecular formula is C17H14ClFN2O5. The van der Waals surface area contributed by atoms with Crippen molar-refractivity contribution >= 4 is 29.2 Å². The van der Waals surface area contributed by atoms with Crippen LogP contribution < -0.4 is 5.32 Å². The summed E-state index contributed by atoms with van der Waals surface area (Å²) in [6.45, 7) is 1.47. The molecule has 0 aliphatic rings. The van der Waals surface area contributed by atoms with Crippen LogP contribution in [0.3, 0.4) is 0 Å². The number of nitrogens with zero attached hydrogens (tertiary/aromatic N) is 1. The third-order valence-electron chi connectivity index (χ3n) is 3.41. The lowest BCUT2D eigenvalue weighted by atomic mass is 10.2. The third kappa shape index (κ3) is 5.00. The Balaban J connectivity index is 1.97. The molecule has 26 heavy (non-hydrogen) atoms. The van der Waals surface area contributed by atoms with E-state index in [1.807, 2.05) is 0 Å². The first kappa shape index (κ1) is 19.3. The van der Waals surface area contributed by atoms with E-state index in [1.165, 1.54) is 37.3 Å². The molecule has 0 spiro atoms. The zero-order chi connectivity index (χ0) is 19.3. The molecule has 1 amide bonds. The van der Waals surface area contributed by atoms with Crippen LogP contribution >= 0.6 is 11.6 Å². The maximum atomic E-state index is 12.8. The zero-order valence-corrected chi connectivity index (χ0v) is 14.3. The number of hydrogen-bond donors (Lipinski definition) is 1. The fraction of sp³-hybridized carbons (Fsp3) is 0.176. The second-order valence-corrected chi connectivity index (χ2v) is 5.72. The molecule has 2 aromatic rings. The second-order valence-electron chi connectivity index (χ2n) is 5.31. The van der Waals surface area contributed by atoms with Crippen molar-refractivity contribution in [2.24, 2.45) is 0 Å². The van der Waals surface area contributed by atoms with E-state index in [4.69, 9.17) is 16.3 Å². The molecule has 1 atom stereocenters. The summed E-state index contributed by atoms with van der Waals surface area (Å²) in [4.78, 5) is 34.2. The summed E-state index contributed by atoms with van der Waals surface area (Å²) in [6.07, 6.45) is -1.15. The van der Waals surface area contributed by atoms with Crippen molar-refractivity contribution in [1.29, 1.82) is 0 Å². The molecule has 2 aromatic carbocycles. The molecule has 2 rings (SSSR count). The Morgan fingerprint density at radius 1 is 1.27 bits per heavy atom. The van der Waals surface area contributed by atoms with Gasteiger partial charge in [-0.3, -0.25) is 14.9 Å². The van der Waals surface area contributed by atoms with Gasteiger partial charge in [-0.2, -0.15) is 0 Å². The highest BCUT2D eigenvalue weighted by atomic mass is 35.5. The van der Waals surface area contributed by atoms with Crippen molar-refractivity contribution < 1.29 is 23.6 Å². The van der Waals surface area contributed by atoms with Crippen LogP contribution in [-0.2, 0) is 16.1 Å². The molecule has 0 fully saturated rings. The van der Waals surface area contributed by atoms with Gasteiger partial charge in [0.25, 0.3) is 11.6 Å². The van der Waals surface area contributed by atoms with Gasteiger partial charge >= 0.3 is 5.97 Å². The lowest BCUT2D eigenvalue weighted by Gasteiger charge is -2.14. The van der Waals surface area contributed by atoms with E-state index < -0.39 is 28.7 Å². The number of carbonyl (C=O) groups is 2. The van der Waals surface area contributed by atoms with Gasteiger partial charge in [-0.15, -0.1) is 0 Å². The lowest BCUT2D eigenvalue weighted by Crippen LogP contribution is -2.35. The van der Waals surface area contributed by atoms with Crippen molar-refractivity contribution in [3.8, 4) is 0 Å². The fourth-order valence-corrected chi connectivity index (χ4v) is 2.19. The number of esters is 1. The van der Waals surface area contributed by atoms with Gasteiger partial charge in [0.15, 0.2) is 6.10 Å². The summed E-state index contributed by atoms with van der Waals surface area (Å²) in [5.74, 6) is -1.93. The quantitative estimate of drug-likeness (QED) is 0.471. The highest BCUT2D eigenvalue weighted by Crippen LogP contribution is 2.23. The predicted octanol–water partition coefficient (Wildman–Crippen LogP) is 3.25. The van der Waals surface area contributed by atoms with E-state index in [0.29, 0.717) is 5.56 Å². The van der Waals surface area contributed by atoms with Crippen LogP contribution in [0.1, 0.15) is 22.8 Å². The van der Waals surface area contributed by atoms with Gasteiger partial charge in [-0.1, -0.05) is 23.7 Å². The minimum atomic E-state index is -1.15. The first-order valence-electron chi connectivity index (χ1n) is 7.45. The Hall–Kier alpha value is -3.00. The van der Waals surface area contributed by atoms with Crippen LogP contribution in [0.15, 0.2) is 42.5 Å². The van der Waals surface area contributed by atoms with Crippen LogP contribution in [0.4, 0.5) is 10.1 Å². The van der Waals surface area contributed by atoms with Crippen molar-refractivity contribution in [3.05, 3.63) is 74.5 Å². The Kier molecular flexibility index (Phi) is 6.24. The molecule has 0 saturated carbocycles. The Bertz CT molecular complexity index is 842. The predicted molar refractivity (Wildman–Crippen MR) is 91.2 cm³/mol. The number of hydrogen-bond acceptors (Lipinski definition) is 5. The van der Waals surface area contributed by atoms with Gasteiger partial charge in [-0.25, -0.2) is 9.18 Å². The molecular weight excluding hydrogens is 367 g/mol. The van der Waals surface area contributed by atoms with Gasteiger partial charge in [0, 0.05) is 18.7 Å². The number of benzene rings is 2. The summed E-state index contributed by atoms with van der Waals surface area (Å²) in [5.41, 5.74) is 0.133. The zero-order valence-electron chi connectivity index (χ0n) is 13.6. The van der Waals surface area contributed by atoms with E-state index in [0.717, 1.165) is 12.1 Å². The molecule has 9 heteroatoms. The summed E-state index contributed by atoms with van der Waals surface area (Å²) >= 11 is 5.86. The molecule has 1 N–H and O–H groups in total. The van der Waals surface area contributed by atoms with E-state index in [1.54, 1.807) is 0 Å². The number of nitrogens with one attached hydrogen (secondary N) is 1. The number of carbonyl (C=O) groups excluding carboxylic acids is 2. The average Bonchev–Trinajstić information content (AvgIpc) is 2.60. The molecule has 0 saturated heterocycles. The molecule has 0 aliphatic carbocycles. The van der Waals surface area contributed by atoms with Gasteiger partial charge in [0.2, 0.25) is 0 Å². The lowest BCUT2D eigenvalue weighted by molar-refractivity contribution is -0.384. The van der Waals surface area contributed by atoms with Crippen molar-refractivity contribution in [2.45, 2.75) is 19.6 Å². The highest BCUT2D eigenvalue weighted by molar-refractivity contribution is 6.33. The summed E-state index contributed by atoms with van der Waals surface area (Å²) in [5, 5.41) is 13.3. The van der Waals surface area contributed by atoms with E-state index >= 15 is 0 Å². The first-order valence-corrected chi connectivity index (χ1v) is 7.83. The van der Waals surface area contributed by atoms with Crippen molar-refractivity contribution in [1.82, 2.24) is 5.32 Å². The van der Waals surface area contributed by atoms with Crippen LogP contribution in [-0.4, -0.2) is 22.9 Å². The fourth-order valence-electron chi connectivity index (χ4n) is 2.00. The van der Waals surface area contributed by atoms with Crippen LogP contribution in [0.2, 0.25) is 5.02 Å². The molecule has 0 bridgehead atoms. The maximum absolute atomic E-state index is 12.8. The smallest absolute Gasteiger partial charge is 0.340 e. The third-order valence-corrected chi connectivity index (χ3v) is 3.74. The van der Waals surface area contributed by atoms with E-state index in [-0.39, 0.29) is 22.8 Å². The number of non-ortho nitro benzene ring substituents is 1. The standard InChI is InChI=1S/C17H14ClFN2O5/c1-10(16(22)20-9-11-2-4-12(19)5-3-11)26-17(23)14-8-13(21(24)25)6-7-15(14)18/h2-8,10H,9H2,1H3,(H,20,22). The largest absolute Gasteiger partial charge is 0.449 e. The number of amides is 1. The maximum Gasteiger partial charge on any atom is 0.340 e. The van der Waals surface area contributed by atoms with Crippen molar-refractivity contribution in [3.63, 3.8) is 0 Å². The molecule has 136 valence electrons. The normalized spacial score (nSPS) is 11.5. The Labute approximate surface area is 152 Å². The molecule has 0 radical (unpaired) electrons. The van der Waals surface area contributed by atoms with Crippen LogP contribution in [0.5, 0.6) is 0 Å². The molecule has 0 aliphatic heterocycles. The van der Waals surface area contributed by atoms with Gasteiger partial charge in [0.05, 0.1) is 15.5 Å². The SMILES string of the molecule is CC(OC(=O)c1cc([N+](=O)[O-])ccc1Cl)C(=O)NCc1ccc(F)cc1. The highest BCUT2D eigenvalue weighted by Gasteiger charge is 2.22. The summed E-state index contributed by atoms with van der Waals surface area (Å²) in [7, 11) is 0. The number of ether oxygens (including phenoxy) is 1. The van der Waals surface area contributed by atoms with Crippen LogP contribution in [0, 0.1) is 15.9 Å². The van der Waals surface area contributed by atoms with Gasteiger partial charge in [-0.05, 0) is 30.7 Å². The Morgan fingerprint density at radius 3 is 2.54 bits per heavy atom. The number of halogens is 2. The van der Waals surface area contributed by atoms with Gasteiger partial charge < -0.3 is 10.1 Å². The van der Waals surface area contributed by atoms with Crippen LogP contribution in [0.25, 0.3) is 0 Å². The monoisotopic (exact) mass is 380 g/mol. The Morgan fingerprint density at radius 2 is 1.92 bits per heavy atom. The second kappa shape index (κ2) is 8.39.